The van der Waals surface area contributed by atoms with Gasteiger partial charge in [-0.2, -0.15) is 22.6 Å². The summed E-state index contributed by atoms with van der Waals surface area (Å²) in [5.41, 5.74) is 0.763. The van der Waals surface area contributed by atoms with Gasteiger partial charge in [-0.25, -0.2) is 12.8 Å². The van der Waals surface area contributed by atoms with Gasteiger partial charge in [-0.05, 0) is 35.4 Å². The van der Waals surface area contributed by atoms with E-state index in [9.17, 15) is 21.6 Å². The first kappa shape index (κ1) is 18.3. The monoisotopic (exact) mass is 423 g/mol. The fourth-order valence-electron chi connectivity index (χ4n) is 4.11. The summed E-state index contributed by atoms with van der Waals surface area (Å²) in [6.07, 6.45) is -4.89. The number of sulfonamides is 1. The second-order valence-electron chi connectivity index (χ2n) is 7.02. The number of aromatic nitrogens is 2. The van der Waals surface area contributed by atoms with E-state index >= 15 is 4.39 Å². The van der Waals surface area contributed by atoms with Gasteiger partial charge in [-0.15, -0.1) is 0 Å². The van der Waals surface area contributed by atoms with E-state index in [0.29, 0.717) is 28.8 Å². The molecule has 0 fully saturated rings. The van der Waals surface area contributed by atoms with Crippen molar-refractivity contribution >= 4 is 10.0 Å². The number of rotatable bonds is 2. The third kappa shape index (κ3) is 2.55. The van der Waals surface area contributed by atoms with Gasteiger partial charge in [0.1, 0.15) is 0 Å². The molecular formula is C19H13F4N3O2S. The third-order valence-corrected chi connectivity index (χ3v) is 7.26. The van der Waals surface area contributed by atoms with E-state index in [0.717, 1.165) is 16.4 Å². The van der Waals surface area contributed by atoms with E-state index in [-0.39, 0.29) is 10.6 Å². The van der Waals surface area contributed by atoms with Crippen LogP contribution in [-0.4, -0.2) is 22.9 Å². The highest BCUT2D eigenvalue weighted by molar-refractivity contribution is 7.89. The summed E-state index contributed by atoms with van der Waals surface area (Å²) in [4.78, 5) is -0.329. The van der Waals surface area contributed by atoms with Crippen molar-refractivity contribution in [3.05, 3.63) is 82.7 Å². The number of hydrogen-bond acceptors (Lipinski definition) is 3. The lowest BCUT2D eigenvalue weighted by Crippen LogP contribution is -2.45. The lowest BCUT2D eigenvalue weighted by molar-refractivity contribution is -0.137. The number of hydrogen-bond donors (Lipinski definition) is 1. The zero-order valence-corrected chi connectivity index (χ0v) is 15.4. The number of nitrogens with zero attached hydrogens (tertiary/aromatic N) is 2. The molecule has 1 N–H and O–H groups in total. The fraction of sp³-hybridized carbons (Fsp3) is 0.211. The van der Waals surface area contributed by atoms with E-state index in [1.807, 2.05) is 0 Å². The van der Waals surface area contributed by atoms with Crippen molar-refractivity contribution in [3.8, 4) is 0 Å². The van der Waals surface area contributed by atoms with E-state index < -0.39 is 40.0 Å². The molecule has 0 saturated carbocycles. The highest BCUT2D eigenvalue weighted by Gasteiger charge is 2.52. The zero-order chi connectivity index (χ0) is 20.6. The van der Waals surface area contributed by atoms with Crippen LogP contribution in [0.15, 0.2) is 59.6 Å². The molecule has 5 nitrogen and oxygen atoms in total. The van der Waals surface area contributed by atoms with Gasteiger partial charge in [0.25, 0.3) is 0 Å². The van der Waals surface area contributed by atoms with E-state index in [1.54, 1.807) is 24.3 Å². The third-order valence-electron chi connectivity index (χ3n) is 5.40. The first-order valence-corrected chi connectivity index (χ1v) is 10.1. The Hall–Kier alpha value is -2.72. The van der Waals surface area contributed by atoms with Crippen LogP contribution in [0.5, 0.6) is 0 Å². The van der Waals surface area contributed by atoms with Crippen LogP contribution in [0.3, 0.4) is 0 Å². The minimum atomic E-state index is -4.59. The summed E-state index contributed by atoms with van der Waals surface area (Å²) in [5, 5.41) is 6.49. The van der Waals surface area contributed by atoms with Gasteiger partial charge >= 0.3 is 6.18 Å². The second kappa shape index (κ2) is 5.90. The van der Waals surface area contributed by atoms with Gasteiger partial charge in [0.2, 0.25) is 10.0 Å². The molecule has 2 aromatic carbocycles. The highest BCUT2D eigenvalue weighted by atomic mass is 32.2. The molecule has 5 rings (SSSR count). The van der Waals surface area contributed by atoms with Crippen LogP contribution in [-0.2, 0) is 16.2 Å². The van der Waals surface area contributed by atoms with Crippen molar-refractivity contribution in [3.63, 3.8) is 0 Å². The number of alkyl halides is 4. The van der Waals surface area contributed by atoms with Gasteiger partial charge in [0.15, 0.2) is 6.17 Å². The summed E-state index contributed by atoms with van der Waals surface area (Å²) in [5.74, 6) is 0. The molecule has 29 heavy (non-hydrogen) atoms. The lowest BCUT2D eigenvalue weighted by Gasteiger charge is -2.45. The Labute approximate surface area is 163 Å². The normalized spacial score (nSPS) is 23.7. The standard InChI is InChI=1S/C19H13F4N3O2S/c20-15-16-14(9-24-25-16)17-10-2-1-3-11(8-10)18(15)26(17)29(27,28)13-6-4-12(5-7-13)19(21,22)23/h1-9,15,17-18H,(H,24,25). The van der Waals surface area contributed by atoms with Crippen LogP contribution in [0.1, 0.15) is 46.2 Å². The van der Waals surface area contributed by atoms with Crippen molar-refractivity contribution in [2.45, 2.75) is 29.3 Å². The van der Waals surface area contributed by atoms with Crippen LogP contribution in [0.2, 0.25) is 0 Å². The second-order valence-corrected chi connectivity index (χ2v) is 8.86. The van der Waals surface area contributed by atoms with Crippen molar-refractivity contribution in [1.29, 1.82) is 0 Å². The Bertz CT molecular complexity index is 1200. The molecule has 3 aromatic rings. The van der Waals surface area contributed by atoms with Crippen LogP contribution in [0.4, 0.5) is 17.6 Å². The summed E-state index contributed by atoms with van der Waals surface area (Å²) in [7, 11) is -4.31. The summed E-state index contributed by atoms with van der Waals surface area (Å²) < 4.78 is 81.8. The molecule has 10 heteroatoms. The largest absolute Gasteiger partial charge is 0.416 e. The summed E-state index contributed by atoms with van der Waals surface area (Å²) in [6.45, 7) is 0. The molecule has 150 valence electrons. The number of halogens is 4. The van der Waals surface area contributed by atoms with Crippen molar-refractivity contribution < 1.29 is 26.0 Å². The number of aromatic amines is 1. The van der Waals surface area contributed by atoms with E-state index in [2.05, 4.69) is 10.2 Å². The quantitative estimate of drug-likeness (QED) is 0.626. The molecule has 3 unspecified atom stereocenters. The molecule has 0 saturated heterocycles. The van der Waals surface area contributed by atoms with E-state index in [1.165, 1.54) is 6.20 Å². The van der Waals surface area contributed by atoms with Gasteiger partial charge in [0, 0.05) is 5.56 Å². The maximum Gasteiger partial charge on any atom is 0.416 e. The smallest absolute Gasteiger partial charge is 0.279 e. The number of nitrogens with one attached hydrogen (secondary N) is 1. The average Bonchev–Trinajstić information content (AvgIpc) is 3.17. The van der Waals surface area contributed by atoms with Crippen molar-refractivity contribution in [2.75, 3.05) is 0 Å². The van der Waals surface area contributed by atoms with Crippen molar-refractivity contribution in [1.82, 2.24) is 14.5 Å². The Balaban J connectivity index is 1.68. The Morgan fingerprint density at radius 3 is 2.41 bits per heavy atom. The van der Waals surface area contributed by atoms with Gasteiger partial charge in [-0.1, -0.05) is 24.3 Å². The maximum absolute atomic E-state index is 15.4. The molecule has 2 aliphatic rings. The van der Waals surface area contributed by atoms with Gasteiger partial charge in [0.05, 0.1) is 34.4 Å². The zero-order valence-electron chi connectivity index (χ0n) is 14.6. The number of fused-ring (bicyclic) bond motifs is 8. The molecule has 0 radical (unpaired) electrons. The number of H-pyrrole nitrogens is 1. The summed E-state index contributed by atoms with van der Waals surface area (Å²) >= 11 is 0. The molecule has 3 heterocycles. The molecular weight excluding hydrogens is 410 g/mol. The molecule has 0 aliphatic carbocycles. The minimum Gasteiger partial charge on any atom is -0.279 e. The number of benzene rings is 2. The van der Waals surface area contributed by atoms with Gasteiger partial charge in [-0.3, -0.25) is 5.10 Å². The SMILES string of the molecule is O=S(=O)(c1ccc(C(F)(F)F)cc1)N1C2c3cccc(c3)C1C(F)c1[nH]ncc12. The topological polar surface area (TPSA) is 66.1 Å². The molecule has 0 amide bonds. The fourth-order valence-corrected chi connectivity index (χ4v) is 5.87. The molecule has 1 aromatic heterocycles. The Morgan fingerprint density at radius 1 is 1.03 bits per heavy atom. The van der Waals surface area contributed by atoms with Crippen LogP contribution in [0.25, 0.3) is 0 Å². The minimum absolute atomic E-state index is 0.214. The first-order valence-electron chi connectivity index (χ1n) is 8.67. The van der Waals surface area contributed by atoms with Gasteiger partial charge < -0.3 is 0 Å². The van der Waals surface area contributed by atoms with Crippen LogP contribution in [0, 0.1) is 0 Å². The van der Waals surface area contributed by atoms with Crippen LogP contribution >= 0.6 is 0 Å². The lowest BCUT2D eigenvalue weighted by atomic mass is 9.82. The average molecular weight is 423 g/mol. The molecule has 0 spiro atoms. The molecule has 3 atom stereocenters. The molecule has 4 bridgehead atoms. The van der Waals surface area contributed by atoms with Crippen LogP contribution < -0.4 is 0 Å². The predicted molar refractivity (Wildman–Crippen MR) is 93.9 cm³/mol. The Morgan fingerprint density at radius 2 is 1.72 bits per heavy atom. The Kier molecular flexibility index (Phi) is 3.72. The maximum atomic E-state index is 15.4. The van der Waals surface area contributed by atoms with Crippen molar-refractivity contribution in [2.24, 2.45) is 0 Å². The molecule has 2 aliphatic heterocycles. The highest BCUT2D eigenvalue weighted by Crippen LogP contribution is 2.55. The summed E-state index contributed by atoms with van der Waals surface area (Å²) in [6, 6.07) is 8.10. The van der Waals surface area contributed by atoms with E-state index in [4.69, 9.17) is 0 Å². The predicted octanol–water partition coefficient (Wildman–Crippen LogP) is 4.29. The first-order chi connectivity index (χ1) is 13.7.